The number of hydrogen-bond acceptors (Lipinski definition) is 6. The fourth-order valence-electron chi connectivity index (χ4n) is 4.07. The summed E-state index contributed by atoms with van der Waals surface area (Å²) < 4.78 is 11.2. The molecule has 0 saturated carbocycles. The summed E-state index contributed by atoms with van der Waals surface area (Å²) >= 11 is 4.80. The molecule has 9 heteroatoms. The smallest absolute Gasteiger partial charge is 0.343 e. The van der Waals surface area contributed by atoms with Gasteiger partial charge in [-0.2, -0.15) is 0 Å². The quantitative estimate of drug-likeness (QED) is 0.192. The average Bonchev–Trinajstić information content (AvgIpc) is 3.47. The molecule has 7 nitrogen and oxygen atoms in total. The Labute approximate surface area is 232 Å². The highest BCUT2D eigenvalue weighted by molar-refractivity contribution is 9.10. The zero-order valence-corrected chi connectivity index (χ0v) is 22.9. The van der Waals surface area contributed by atoms with Gasteiger partial charge in [-0.25, -0.2) is 9.79 Å². The van der Waals surface area contributed by atoms with Crippen LogP contribution in [0.4, 0.5) is 5.69 Å². The number of methoxy groups -OCH3 is 1. The molecule has 1 aromatic heterocycles. The summed E-state index contributed by atoms with van der Waals surface area (Å²) in [4.78, 5) is 35.6. The lowest BCUT2D eigenvalue weighted by atomic mass is 10.1. The summed E-state index contributed by atoms with van der Waals surface area (Å²) in [5.41, 5.74) is 3.64. The number of carbonyl (C=O) groups excluding carboxylic acids is 2. The monoisotopic (exact) mass is 589 g/mol. The first-order valence-electron chi connectivity index (χ1n) is 11.9. The van der Waals surface area contributed by atoms with Gasteiger partial charge in [0.2, 0.25) is 0 Å². The number of fused-ring (bicyclic) bond motifs is 1. The normalized spacial score (nSPS) is 15.5. The molecule has 2 heterocycles. The Morgan fingerprint density at radius 3 is 2.71 bits per heavy atom. The van der Waals surface area contributed by atoms with Crippen molar-refractivity contribution in [2.24, 2.45) is 4.99 Å². The van der Waals surface area contributed by atoms with Gasteiger partial charge >= 0.3 is 5.97 Å². The topological polar surface area (TPSA) is 84.0 Å². The predicted octanol–water partition coefficient (Wildman–Crippen LogP) is 6.33. The first-order chi connectivity index (χ1) is 18.5. The van der Waals surface area contributed by atoms with Crippen molar-refractivity contribution in [1.82, 2.24) is 9.88 Å². The number of carbonyl (C=O) groups is 2. The van der Waals surface area contributed by atoms with Crippen LogP contribution in [-0.2, 0) is 20.7 Å². The Hall–Kier alpha value is -3.82. The number of para-hydroxylation sites is 2. The van der Waals surface area contributed by atoms with E-state index in [1.807, 2.05) is 66.9 Å². The van der Waals surface area contributed by atoms with Gasteiger partial charge < -0.3 is 14.5 Å². The van der Waals surface area contributed by atoms with Gasteiger partial charge in [-0.1, -0.05) is 52.3 Å². The number of aliphatic imine (C=N–C) groups is 1. The molecular weight excluding hydrogens is 566 g/mol. The van der Waals surface area contributed by atoms with E-state index in [4.69, 9.17) is 9.73 Å². The van der Waals surface area contributed by atoms with Crippen molar-refractivity contribution in [2.75, 3.05) is 20.3 Å². The molecule has 0 atom stereocenters. The predicted molar refractivity (Wildman–Crippen MR) is 154 cm³/mol. The van der Waals surface area contributed by atoms with Crippen LogP contribution in [0.1, 0.15) is 11.1 Å². The molecule has 1 amide bonds. The number of halogens is 1. The third-order valence-electron chi connectivity index (χ3n) is 5.98. The second-order valence-corrected chi connectivity index (χ2v) is 10.4. The number of aromatic amines is 1. The lowest BCUT2D eigenvalue weighted by Crippen LogP contribution is -2.31. The average molecular weight is 590 g/mol. The van der Waals surface area contributed by atoms with Gasteiger partial charge in [0.05, 0.1) is 17.7 Å². The fourth-order valence-corrected chi connectivity index (χ4v) is 5.47. The summed E-state index contributed by atoms with van der Waals surface area (Å²) in [5.74, 6) is -0.153. The Morgan fingerprint density at radius 2 is 1.89 bits per heavy atom. The molecule has 0 radical (unpaired) electrons. The van der Waals surface area contributed by atoms with Gasteiger partial charge in [0.1, 0.15) is 5.75 Å². The number of thioether (sulfide) groups is 1. The number of aromatic nitrogens is 1. The second kappa shape index (κ2) is 11.7. The van der Waals surface area contributed by atoms with Crippen LogP contribution in [0.3, 0.4) is 0 Å². The maximum absolute atomic E-state index is 13.7. The largest absolute Gasteiger partial charge is 0.481 e. The van der Waals surface area contributed by atoms with E-state index in [0.717, 1.165) is 26.6 Å². The standard InChI is InChI=1S/C29H24BrN3O4S/c1-36-27(34)18-37-25-12-11-21(30)15-20(25)16-26-28(35)33(29(38-26)32-22-7-3-2-4-8-22)14-13-19-17-31-24-10-6-5-9-23(19)24/h2-12,15-17,31H,13-14,18H2,1H3/b26-16+,32-29?. The molecule has 0 aliphatic carbocycles. The number of rotatable bonds is 8. The van der Waals surface area contributed by atoms with Gasteiger partial charge in [-0.15, -0.1) is 0 Å². The number of amides is 1. The van der Waals surface area contributed by atoms with Gasteiger partial charge in [-0.05, 0) is 66.2 Å². The van der Waals surface area contributed by atoms with E-state index in [1.54, 1.807) is 17.0 Å². The van der Waals surface area contributed by atoms with Crippen molar-refractivity contribution in [3.63, 3.8) is 0 Å². The van der Waals surface area contributed by atoms with Gasteiger partial charge in [0.25, 0.3) is 5.91 Å². The molecule has 1 aliphatic heterocycles. The van der Waals surface area contributed by atoms with E-state index < -0.39 is 5.97 Å². The van der Waals surface area contributed by atoms with E-state index in [9.17, 15) is 9.59 Å². The maximum atomic E-state index is 13.7. The van der Waals surface area contributed by atoms with Crippen molar-refractivity contribution < 1.29 is 19.1 Å². The fraction of sp³-hybridized carbons (Fsp3) is 0.138. The Bertz CT molecular complexity index is 1550. The van der Waals surface area contributed by atoms with Crippen molar-refractivity contribution >= 4 is 67.4 Å². The Morgan fingerprint density at radius 1 is 1.11 bits per heavy atom. The molecule has 1 saturated heterocycles. The first-order valence-corrected chi connectivity index (χ1v) is 13.5. The Kier molecular flexibility index (Phi) is 7.95. The Balaban J connectivity index is 1.45. The highest BCUT2D eigenvalue weighted by Crippen LogP contribution is 2.36. The van der Waals surface area contributed by atoms with Crippen molar-refractivity contribution in [3.8, 4) is 5.75 Å². The molecular formula is C29H24BrN3O4S. The summed E-state index contributed by atoms with van der Waals surface area (Å²) in [6.45, 7) is 0.244. The van der Waals surface area contributed by atoms with Crippen LogP contribution >= 0.6 is 27.7 Å². The van der Waals surface area contributed by atoms with E-state index in [0.29, 0.717) is 34.4 Å². The van der Waals surface area contributed by atoms with Gasteiger partial charge in [0, 0.05) is 33.7 Å². The van der Waals surface area contributed by atoms with E-state index in [-0.39, 0.29) is 12.5 Å². The number of esters is 1. The lowest BCUT2D eigenvalue weighted by Gasteiger charge is -2.15. The number of nitrogens with one attached hydrogen (secondary N) is 1. The zero-order chi connectivity index (χ0) is 26.5. The third kappa shape index (κ3) is 5.84. The van der Waals surface area contributed by atoms with Crippen LogP contribution in [0, 0.1) is 0 Å². The molecule has 0 spiro atoms. The van der Waals surface area contributed by atoms with Crippen molar-refractivity contribution in [3.05, 3.63) is 99.5 Å². The zero-order valence-electron chi connectivity index (χ0n) is 20.5. The molecule has 0 bridgehead atoms. The summed E-state index contributed by atoms with van der Waals surface area (Å²) in [5, 5.41) is 1.75. The molecule has 5 rings (SSSR count). The molecule has 1 aliphatic rings. The molecule has 0 unspecified atom stereocenters. The first kappa shape index (κ1) is 25.8. The van der Waals surface area contributed by atoms with Crippen molar-refractivity contribution in [2.45, 2.75) is 6.42 Å². The third-order valence-corrected chi connectivity index (χ3v) is 7.48. The minimum atomic E-state index is -0.487. The van der Waals surface area contributed by atoms with E-state index in [2.05, 4.69) is 31.7 Å². The van der Waals surface area contributed by atoms with Crippen molar-refractivity contribution in [1.29, 1.82) is 0 Å². The van der Waals surface area contributed by atoms with Crippen LogP contribution in [0.15, 0.2) is 93.4 Å². The van der Waals surface area contributed by atoms with Crippen LogP contribution in [0.25, 0.3) is 17.0 Å². The number of ether oxygens (including phenoxy) is 2. The number of amidine groups is 1. The number of H-pyrrole nitrogens is 1. The van der Waals surface area contributed by atoms with Gasteiger partial charge in [0.15, 0.2) is 11.8 Å². The van der Waals surface area contributed by atoms with E-state index >= 15 is 0 Å². The van der Waals surface area contributed by atoms with Crippen LogP contribution in [0.2, 0.25) is 0 Å². The minimum absolute atomic E-state index is 0.136. The maximum Gasteiger partial charge on any atom is 0.343 e. The lowest BCUT2D eigenvalue weighted by molar-refractivity contribution is -0.142. The van der Waals surface area contributed by atoms with E-state index in [1.165, 1.54) is 18.9 Å². The molecule has 4 aromatic rings. The SMILES string of the molecule is COC(=O)COc1ccc(Br)cc1/C=C1/SC(=Nc2ccccc2)N(CCc2c[nH]c3ccccc23)C1=O. The number of hydrogen-bond donors (Lipinski definition) is 1. The van der Waals surface area contributed by atoms with Gasteiger partial charge in [-0.3, -0.25) is 9.69 Å². The summed E-state index contributed by atoms with van der Waals surface area (Å²) in [7, 11) is 1.31. The highest BCUT2D eigenvalue weighted by atomic mass is 79.9. The molecule has 192 valence electrons. The molecule has 3 aromatic carbocycles. The molecule has 1 fully saturated rings. The number of benzene rings is 3. The number of nitrogens with zero attached hydrogens (tertiary/aromatic N) is 2. The molecule has 38 heavy (non-hydrogen) atoms. The second-order valence-electron chi connectivity index (χ2n) is 8.45. The van der Waals surface area contributed by atoms with Crippen LogP contribution in [0.5, 0.6) is 5.75 Å². The summed E-state index contributed by atoms with van der Waals surface area (Å²) in [6.07, 6.45) is 4.44. The van der Waals surface area contributed by atoms with Crippen LogP contribution in [-0.4, -0.2) is 47.2 Å². The highest BCUT2D eigenvalue weighted by Gasteiger charge is 2.33. The molecule has 1 N–H and O–H groups in total. The minimum Gasteiger partial charge on any atom is -0.481 e. The summed E-state index contributed by atoms with van der Waals surface area (Å²) in [6, 6.07) is 23.1. The van der Waals surface area contributed by atoms with Crippen LogP contribution < -0.4 is 4.74 Å².